The fourth-order valence-electron chi connectivity index (χ4n) is 0. The second-order valence-electron chi connectivity index (χ2n) is 0.519. The standard InChI is InChI=1S/C2H4O2.2Ba.4H/c1-2(3)4;;;;;;/h1H3,(H,3,4);;;;;;/q;2*+2;4*-1. The molecule has 0 aromatic heterocycles. The van der Waals surface area contributed by atoms with E-state index in [1.807, 2.05) is 0 Å². The van der Waals surface area contributed by atoms with E-state index in [2.05, 4.69) is 0 Å². The molecule has 6 heavy (non-hydrogen) atoms. The molecule has 0 rings (SSSR count). The molecule has 0 aliphatic carbocycles. The van der Waals surface area contributed by atoms with Crippen molar-refractivity contribution in [1.29, 1.82) is 0 Å². The molecule has 0 unspecified atom stereocenters. The minimum Gasteiger partial charge on any atom is -1.00 e. The van der Waals surface area contributed by atoms with Crippen LogP contribution in [0.25, 0.3) is 0 Å². The Morgan fingerprint density at radius 1 is 1.67 bits per heavy atom. The van der Waals surface area contributed by atoms with Crippen LogP contribution in [0.2, 0.25) is 0 Å². The molecule has 0 aliphatic heterocycles. The fraction of sp³-hybridized carbons (Fsp3) is 0.500. The van der Waals surface area contributed by atoms with Gasteiger partial charge in [-0.1, -0.05) is 0 Å². The Morgan fingerprint density at radius 2 is 1.67 bits per heavy atom. The average Bonchev–Trinajstić information content (AvgIpc) is 0.811. The van der Waals surface area contributed by atoms with Gasteiger partial charge in [-0.05, 0) is 0 Å². The van der Waals surface area contributed by atoms with Gasteiger partial charge in [0.05, 0.1) is 0 Å². The largest absolute Gasteiger partial charge is 2.00 e. The van der Waals surface area contributed by atoms with Gasteiger partial charge >= 0.3 is 97.8 Å². The van der Waals surface area contributed by atoms with E-state index >= 15 is 0 Å². The van der Waals surface area contributed by atoms with Gasteiger partial charge in [0.2, 0.25) is 0 Å². The second-order valence-corrected chi connectivity index (χ2v) is 0.519. The first kappa shape index (κ1) is 15.8. The molecule has 0 aromatic carbocycles. The molecule has 0 saturated carbocycles. The Kier molecular flexibility index (Phi) is 27.9. The summed E-state index contributed by atoms with van der Waals surface area (Å²) in [4.78, 5) is 9.00. The average molecular weight is 339 g/mol. The van der Waals surface area contributed by atoms with Crippen LogP contribution in [0.5, 0.6) is 0 Å². The summed E-state index contributed by atoms with van der Waals surface area (Å²) in [5.74, 6) is -0.833. The van der Waals surface area contributed by atoms with Crippen LogP contribution in [0.4, 0.5) is 0 Å². The smallest absolute Gasteiger partial charge is 1.00 e. The molecule has 0 heterocycles. The van der Waals surface area contributed by atoms with E-state index in [9.17, 15) is 0 Å². The van der Waals surface area contributed by atoms with Crippen LogP contribution in [-0.2, 0) is 4.79 Å². The van der Waals surface area contributed by atoms with Gasteiger partial charge in [-0.25, -0.2) is 0 Å². The minimum atomic E-state index is -0.833. The molecule has 2 nitrogen and oxygen atoms in total. The van der Waals surface area contributed by atoms with Crippen molar-refractivity contribution in [2.75, 3.05) is 0 Å². The molecular weight excluding hydrogens is 331 g/mol. The Balaban J connectivity index is -0.00000000300. The second kappa shape index (κ2) is 10.6. The number of aliphatic carboxylic acids is 1. The normalized spacial score (nSPS) is 4.17. The topological polar surface area (TPSA) is 37.3 Å². The van der Waals surface area contributed by atoms with Gasteiger partial charge in [0, 0.05) is 6.92 Å². The molecular formula is C2H8Ba2O2. The third-order valence-electron chi connectivity index (χ3n) is 0. The monoisotopic (exact) mass is 340 g/mol. The molecule has 0 atom stereocenters. The molecule has 0 bridgehead atoms. The molecule has 0 spiro atoms. The quantitative estimate of drug-likeness (QED) is 0.620. The summed E-state index contributed by atoms with van der Waals surface area (Å²) in [6.07, 6.45) is 0. The van der Waals surface area contributed by atoms with Crippen molar-refractivity contribution in [3.05, 3.63) is 0 Å². The Bertz CT molecular complexity index is 42.2. The van der Waals surface area contributed by atoms with Crippen molar-refractivity contribution in [1.82, 2.24) is 0 Å². The van der Waals surface area contributed by atoms with Crippen LogP contribution >= 0.6 is 0 Å². The minimum absolute atomic E-state index is 0. The van der Waals surface area contributed by atoms with E-state index in [4.69, 9.17) is 9.90 Å². The zero-order chi connectivity index (χ0) is 3.58. The Labute approximate surface area is 123 Å². The first-order chi connectivity index (χ1) is 1.73. The predicted octanol–water partition coefficient (Wildman–Crippen LogP) is -0.221. The molecule has 0 aliphatic rings. The Hall–Kier alpha value is 2.61. The maximum absolute atomic E-state index is 9.00. The summed E-state index contributed by atoms with van der Waals surface area (Å²) in [5, 5.41) is 7.42. The van der Waals surface area contributed by atoms with Crippen molar-refractivity contribution in [3.8, 4) is 0 Å². The van der Waals surface area contributed by atoms with Crippen molar-refractivity contribution in [2.24, 2.45) is 0 Å². The van der Waals surface area contributed by atoms with Crippen molar-refractivity contribution in [2.45, 2.75) is 6.92 Å². The summed E-state index contributed by atoms with van der Waals surface area (Å²) in [5.41, 5.74) is 0. The number of carbonyl (C=O) groups is 1. The van der Waals surface area contributed by atoms with E-state index in [-0.39, 0.29) is 103 Å². The van der Waals surface area contributed by atoms with Gasteiger partial charge in [0.15, 0.2) is 0 Å². The molecule has 0 radical (unpaired) electrons. The van der Waals surface area contributed by atoms with E-state index in [0.29, 0.717) is 0 Å². The number of rotatable bonds is 0. The molecule has 0 fully saturated rings. The summed E-state index contributed by atoms with van der Waals surface area (Å²) in [6.45, 7) is 1.08. The summed E-state index contributed by atoms with van der Waals surface area (Å²) >= 11 is 0. The van der Waals surface area contributed by atoms with E-state index in [1.165, 1.54) is 0 Å². The summed E-state index contributed by atoms with van der Waals surface area (Å²) < 4.78 is 0. The molecule has 1 N–H and O–H groups in total. The molecule has 4 heteroatoms. The molecule has 0 aromatic rings. The zero-order valence-corrected chi connectivity index (χ0v) is 12.7. The first-order valence-electron chi connectivity index (χ1n) is 0.928. The van der Waals surface area contributed by atoms with E-state index < -0.39 is 5.97 Å². The van der Waals surface area contributed by atoms with Crippen molar-refractivity contribution in [3.63, 3.8) is 0 Å². The first-order valence-corrected chi connectivity index (χ1v) is 0.928. The van der Waals surface area contributed by atoms with Gasteiger partial charge in [0.1, 0.15) is 0 Å². The number of carboxylic acid groups (broad SMARTS) is 1. The van der Waals surface area contributed by atoms with Crippen LogP contribution < -0.4 is 0 Å². The third kappa shape index (κ3) is 30.5. The van der Waals surface area contributed by atoms with Crippen LogP contribution in [0.1, 0.15) is 12.6 Å². The maximum atomic E-state index is 9.00. The van der Waals surface area contributed by atoms with Gasteiger partial charge in [0.25, 0.3) is 5.97 Å². The number of hydrogen-bond acceptors (Lipinski definition) is 1. The van der Waals surface area contributed by atoms with Crippen LogP contribution in [0.3, 0.4) is 0 Å². The zero-order valence-electron chi connectivity index (χ0n) is 7.77. The van der Waals surface area contributed by atoms with E-state index in [1.54, 1.807) is 0 Å². The number of hydrogen-bond donors (Lipinski definition) is 1. The van der Waals surface area contributed by atoms with Crippen LogP contribution in [0, 0.1) is 0 Å². The fourth-order valence-corrected chi connectivity index (χ4v) is 0. The summed E-state index contributed by atoms with van der Waals surface area (Å²) in [7, 11) is 0. The van der Waals surface area contributed by atoms with Gasteiger partial charge < -0.3 is 10.8 Å². The van der Waals surface area contributed by atoms with E-state index in [0.717, 1.165) is 6.92 Å². The Morgan fingerprint density at radius 3 is 1.67 bits per heavy atom. The third-order valence-corrected chi connectivity index (χ3v) is 0. The molecule has 0 amide bonds. The van der Waals surface area contributed by atoms with Crippen LogP contribution in [0.15, 0.2) is 0 Å². The van der Waals surface area contributed by atoms with Crippen LogP contribution in [-0.4, -0.2) is 109 Å². The van der Waals surface area contributed by atoms with Gasteiger partial charge in [-0.15, -0.1) is 0 Å². The van der Waals surface area contributed by atoms with Gasteiger partial charge in [-0.2, -0.15) is 0 Å². The SMILES string of the molecule is CC(=O)O.[Ba+2].[Ba+2].[H-].[H-].[H-].[H-]. The maximum Gasteiger partial charge on any atom is 2.00 e. The van der Waals surface area contributed by atoms with Crippen molar-refractivity contribution < 1.29 is 15.6 Å². The predicted molar refractivity (Wildman–Crippen MR) is 29.3 cm³/mol. The van der Waals surface area contributed by atoms with Gasteiger partial charge in [-0.3, -0.25) is 4.79 Å². The van der Waals surface area contributed by atoms with Crippen molar-refractivity contribution >= 4 is 104 Å². The number of carboxylic acids is 1. The summed E-state index contributed by atoms with van der Waals surface area (Å²) in [6, 6.07) is 0. The molecule has 0 saturated heterocycles. The molecule has 32 valence electrons.